The number of nitrogens with zero attached hydrogens (tertiary/aromatic N) is 2. The number of carboxylic acids is 2. The van der Waals surface area contributed by atoms with Gasteiger partial charge in [-0.1, -0.05) is 18.2 Å². The van der Waals surface area contributed by atoms with E-state index in [4.69, 9.17) is 19.8 Å². The maximum atomic E-state index is 10.6. The van der Waals surface area contributed by atoms with Gasteiger partial charge >= 0.3 is 24.3 Å². The summed E-state index contributed by atoms with van der Waals surface area (Å²) in [6, 6.07) is 7.49. The number of alkyl halides is 6. The standard InChI is InChI=1S/C12H20N2O.2C2HF3O2/c1-13(2)8-9-14(3)10-11-6-4-5-7-12(11)15;2*3-2(4,5)1(6)7/h4-7,15H,8-10H2,1-3H3;2*(H,6,7). The van der Waals surface area contributed by atoms with E-state index in [2.05, 4.69) is 30.9 Å². The van der Waals surface area contributed by atoms with E-state index in [1.165, 1.54) is 0 Å². The van der Waals surface area contributed by atoms with E-state index in [0.717, 1.165) is 25.2 Å². The van der Waals surface area contributed by atoms with E-state index in [1.807, 2.05) is 18.2 Å². The Bertz CT molecular complexity index is 611. The quantitative estimate of drug-likeness (QED) is 0.610. The Labute approximate surface area is 162 Å². The topological polar surface area (TPSA) is 101 Å². The monoisotopic (exact) mass is 436 g/mol. The highest BCUT2D eigenvalue weighted by Crippen LogP contribution is 2.17. The second-order valence-electron chi connectivity index (χ2n) is 5.78. The lowest BCUT2D eigenvalue weighted by Crippen LogP contribution is -2.28. The van der Waals surface area contributed by atoms with Crippen molar-refractivity contribution in [2.24, 2.45) is 0 Å². The largest absolute Gasteiger partial charge is 0.508 e. The van der Waals surface area contributed by atoms with Gasteiger partial charge < -0.3 is 25.1 Å². The van der Waals surface area contributed by atoms with E-state index in [9.17, 15) is 31.4 Å². The molecule has 168 valence electrons. The fraction of sp³-hybridized carbons (Fsp3) is 0.500. The van der Waals surface area contributed by atoms with Crippen LogP contribution in [0.25, 0.3) is 0 Å². The number of benzene rings is 1. The predicted octanol–water partition coefficient (Wildman–Crippen LogP) is 2.65. The number of carbonyl (C=O) groups is 2. The van der Waals surface area contributed by atoms with E-state index >= 15 is 0 Å². The third kappa shape index (κ3) is 16.1. The molecule has 0 saturated carbocycles. The van der Waals surface area contributed by atoms with Gasteiger partial charge in [-0.2, -0.15) is 26.3 Å². The van der Waals surface area contributed by atoms with Crippen LogP contribution >= 0.6 is 0 Å². The maximum Gasteiger partial charge on any atom is 0.490 e. The van der Waals surface area contributed by atoms with Gasteiger partial charge in [0.05, 0.1) is 0 Å². The molecule has 0 amide bonds. The summed E-state index contributed by atoms with van der Waals surface area (Å²) in [5.74, 6) is -5.13. The number of phenols is 1. The van der Waals surface area contributed by atoms with Crippen LogP contribution in [0.15, 0.2) is 24.3 Å². The molecule has 1 aromatic rings. The molecule has 0 saturated heterocycles. The van der Waals surface area contributed by atoms with Gasteiger partial charge in [0.15, 0.2) is 0 Å². The van der Waals surface area contributed by atoms with Crippen LogP contribution in [0.5, 0.6) is 5.75 Å². The molecule has 1 aromatic carbocycles. The minimum absolute atomic E-state index is 0.384. The Morgan fingerprint density at radius 2 is 1.24 bits per heavy atom. The number of halogens is 6. The summed E-state index contributed by atoms with van der Waals surface area (Å²) >= 11 is 0. The molecule has 0 spiro atoms. The lowest BCUT2D eigenvalue weighted by atomic mass is 10.2. The summed E-state index contributed by atoms with van der Waals surface area (Å²) in [6.45, 7) is 2.83. The second-order valence-corrected chi connectivity index (χ2v) is 5.78. The van der Waals surface area contributed by atoms with Crippen molar-refractivity contribution in [1.29, 1.82) is 0 Å². The van der Waals surface area contributed by atoms with Crippen LogP contribution in [0, 0.1) is 0 Å². The molecule has 0 bridgehead atoms. The van der Waals surface area contributed by atoms with Crippen LogP contribution in [-0.4, -0.2) is 83.6 Å². The van der Waals surface area contributed by atoms with Crippen LogP contribution in [0.4, 0.5) is 26.3 Å². The van der Waals surface area contributed by atoms with Gasteiger partial charge in [-0.25, -0.2) is 9.59 Å². The minimum Gasteiger partial charge on any atom is -0.508 e. The first kappa shape index (κ1) is 28.7. The van der Waals surface area contributed by atoms with Gasteiger partial charge in [0.2, 0.25) is 0 Å². The number of rotatable bonds is 5. The lowest BCUT2D eigenvalue weighted by molar-refractivity contribution is -0.193. The molecule has 0 aliphatic rings. The molecule has 0 heterocycles. The normalized spacial score (nSPS) is 11.3. The molecule has 0 fully saturated rings. The molecule has 29 heavy (non-hydrogen) atoms. The highest BCUT2D eigenvalue weighted by molar-refractivity contribution is 5.73. The average Bonchev–Trinajstić information content (AvgIpc) is 2.54. The summed E-state index contributed by atoms with van der Waals surface area (Å²) < 4.78 is 63.5. The van der Waals surface area contributed by atoms with Crippen LogP contribution < -0.4 is 0 Å². The molecular weight excluding hydrogens is 414 g/mol. The molecule has 0 radical (unpaired) electrons. The van der Waals surface area contributed by atoms with E-state index in [1.54, 1.807) is 6.07 Å². The number of hydrogen-bond acceptors (Lipinski definition) is 5. The molecule has 3 N–H and O–H groups in total. The lowest BCUT2D eigenvalue weighted by Gasteiger charge is -2.19. The van der Waals surface area contributed by atoms with Gasteiger partial charge in [-0.05, 0) is 27.2 Å². The highest BCUT2D eigenvalue weighted by atomic mass is 19.4. The molecule has 0 aliphatic carbocycles. The number of carboxylic acid groups (broad SMARTS) is 2. The number of likely N-dealkylation sites (N-methyl/N-ethyl adjacent to an activating group) is 2. The van der Waals surface area contributed by atoms with Gasteiger partial charge in [-0.3, -0.25) is 0 Å². The van der Waals surface area contributed by atoms with Crippen molar-refractivity contribution in [2.75, 3.05) is 34.2 Å². The number of phenolic OH excluding ortho intramolecular Hbond substituents is 1. The van der Waals surface area contributed by atoms with Crippen LogP contribution in [0.2, 0.25) is 0 Å². The van der Waals surface area contributed by atoms with Gasteiger partial charge in [0, 0.05) is 25.2 Å². The van der Waals surface area contributed by atoms with Crippen LogP contribution in [0.1, 0.15) is 5.56 Å². The van der Waals surface area contributed by atoms with Gasteiger partial charge in [0.25, 0.3) is 0 Å². The predicted molar refractivity (Wildman–Crippen MR) is 90.4 cm³/mol. The molecule has 0 atom stereocenters. The Morgan fingerprint density at radius 3 is 1.55 bits per heavy atom. The van der Waals surface area contributed by atoms with E-state index < -0.39 is 24.3 Å². The average molecular weight is 436 g/mol. The van der Waals surface area contributed by atoms with Crippen molar-refractivity contribution in [2.45, 2.75) is 18.9 Å². The third-order valence-corrected chi connectivity index (χ3v) is 2.85. The van der Waals surface area contributed by atoms with Crippen molar-refractivity contribution >= 4 is 11.9 Å². The molecule has 0 unspecified atom stereocenters. The molecule has 0 aliphatic heterocycles. The Morgan fingerprint density at radius 1 is 0.862 bits per heavy atom. The van der Waals surface area contributed by atoms with Crippen molar-refractivity contribution in [3.05, 3.63) is 29.8 Å². The number of hydrogen-bond donors (Lipinski definition) is 3. The maximum absolute atomic E-state index is 10.6. The Kier molecular flexibility index (Phi) is 12.7. The first-order valence-electron chi connectivity index (χ1n) is 7.68. The molecule has 7 nitrogen and oxygen atoms in total. The summed E-state index contributed by atoms with van der Waals surface area (Å²) in [4.78, 5) is 22.1. The Balaban J connectivity index is 0. The summed E-state index contributed by atoms with van der Waals surface area (Å²) in [5, 5.41) is 23.8. The number of para-hydroxylation sites is 1. The SMILES string of the molecule is CN(C)CCN(C)Cc1ccccc1O.O=C(O)C(F)(F)F.O=C(O)C(F)(F)F. The van der Waals surface area contributed by atoms with Crippen molar-refractivity contribution < 1.29 is 51.3 Å². The summed E-state index contributed by atoms with van der Waals surface area (Å²) in [5.41, 5.74) is 0.985. The number of aliphatic carboxylic acids is 2. The fourth-order valence-electron chi connectivity index (χ4n) is 1.39. The fourth-order valence-corrected chi connectivity index (χ4v) is 1.39. The van der Waals surface area contributed by atoms with Crippen molar-refractivity contribution in [1.82, 2.24) is 9.80 Å². The third-order valence-electron chi connectivity index (χ3n) is 2.85. The van der Waals surface area contributed by atoms with Gasteiger partial charge in [-0.15, -0.1) is 0 Å². The van der Waals surface area contributed by atoms with Crippen molar-refractivity contribution in [3.8, 4) is 5.75 Å². The zero-order valence-corrected chi connectivity index (χ0v) is 15.8. The molecule has 13 heteroatoms. The minimum atomic E-state index is -5.08. The molecule has 1 rings (SSSR count). The molecular formula is C16H22F6N2O5. The van der Waals surface area contributed by atoms with Crippen LogP contribution in [0.3, 0.4) is 0 Å². The molecule has 0 aromatic heterocycles. The summed E-state index contributed by atoms with van der Waals surface area (Å²) in [6.07, 6.45) is -10.2. The zero-order valence-electron chi connectivity index (χ0n) is 15.8. The van der Waals surface area contributed by atoms with Gasteiger partial charge in [0.1, 0.15) is 5.75 Å². The first-order valence-corrected chi connectivity index (χ1v) is 7.68. The van der Waals surface area contributed by atoms with E-state index in [-0.39, 0.29) is 0 Å². The first-order chi connectivity index (χ1) is 13.0. The van der Waals surface area contributed by atoms with E-state index in [0.29, 0.717) is 5.75 Å². The highest BCUT2D eigenvalue weighted by Gasteiger charge is 2.38. The number of aromatic hydroxyl groups is 1. The van der Waals surface area contributed by atoms with Crippen molar-refractivity contribution in [3.63, 3.8) is 0 Å². The zero-order chi connectivity index (χ0) is 23.4. The summed E-state index contributed by atoms with van der Waals surface area (Å²) in [7, 11) is 6.19. The smallest absolute Gasteiger partial charge is 0.490 e. The van der Waals surface area contributed by atoms with Crippen LogP contribution in [-0.2, 0) is 16.1 Å². The second kappa shape index (κ2) is 12.8. The Hall–Kier alpha value is -2.54.